The Kier molecular flexibility index (Phi) is 1.56. The lowest BCUT2D eigenvalue weighted by Crippen LogP contribution is -2.69. The fraction of sp³-hybridized carbons (Fsp3) is 0.900. The molecule has 0 heterocycles. The van der Waals surface area contributed by atoms with Crippen LogP contribution in [0.2, 0.25) is 0 Å². The van der Waals surface area contributed by atoms with Gasteiger partial charge in [0.25, 0.3) is 0 Å². The Morgan fingerprint density at radius 1 is 1.38 bits per heavy atom. The molecule has 3 atom stereocenters. The van der Waals surface area contributed by atoms with Crippen LogP contribution in [0.15, 0.2) is 0 Å². The van der Waals surface area contributed by atoms with Gasteiger partial charge in [-0.3, -0.25) is 0 Å². The number of rotatable bonds is 1. The quantitative estimate of drug-likeness (QED) is 0.655. The van der Waals surface area contributed by atoms with Gasteiger partial charge in [-0.15, -0.1) is 0 Å². The van der Waals surface area contributed by atoms with E-state index < -0.39 is 11.4 Å². The van der Waals surface area contributed by atoms with E-state index in [4.69, 9.17) is 0 Å². The zero-order chi connectivity index (χ0) is 10.1. The number of hydrogen-bond acceptors (Lipinski definition) is 2. The summed E-state index contributed by atoms with van der Waals surface area (Å²) in [5.74, 6) is -0.880. The third-order valence-electron chi connectivity index (χ3n) is 4.94. The maximum Gasteiger partial charge on any atom is 0.0493 e. The van der Waals surface area contributed by atoms with Crippen molar-refractivity contribution in [3.63, 3.8) is 0 Å². The Balaban J connectivity index is 2.50. The van der Waals surface area contributed by atoms with Crippen molar-refractivity contribution in [3.05, 3.63) is 0 Å². The van der Waals surface area contributed by atoms with Crippen molar-refractivity contribution < 1.29 is 9.90 Å². The highest BCUT2D eigenvalue weighted by Crippen LogP contribution is 2.79. The fourth-order valence-electron chi connectivity index (χ4n) is 3.41. The number of aliphatic carboxylic acids is 1. The van der Waals surface area contributed by atoms with Crippen LogP contribution in [-0.4, -0.2) is 10.8 Å². The van der Waals surface area contributed by atoms with Crippen LogP contribution in [0.1, 0.15) is 33.6 Å². The van der Waals surface area contributed by atoms with Crippen LogP contribution in [0, 0.1) is 16.2 Å². The molecule has 0 radical (unpaired) electrons. The zero-order valence-electron chi connectivity index (χ0n) is 8.19. The molecule has 0 aliphatic heterocycles. The minimum Gasteiger partial charge on any atom is -0.549 e. The topological polar surface area (TPSA) is 40.1 Å². The van der Waals surface area contributed by atoms with E-state index in [-0.39, 0.29) is 15.7 Å². The summed E-state index contributed by atoms with van der Waals surface area (Å²) < 4.78 is 0. The second-order valence-electron chi connectivity index (χ2n) is 5.16. The van der Waals surface area contributed by atoms with E-state index in [1.807, 2.05) is 13.8 Å². The minimum atomic E-state index is -0.880. The molecular formula is C10H14BrO2-. The molecule has 0 amide bonds. The molecule has 3 fully saturated rings. The van der Waals surface area contributed by atoms with Crippen molar-refractivity contribution >= 4 is 21.9 Å². The number of carboxylic acid groups (broad SMARTS) is 1. The highest BCUT2D eigenvalue weighted by Gasteiger charge is 2.77. The first-order valence-electron chi connectivity index (χ1n) is 4.66. The number of fused-ring (bicyclic) bond motifs is 1. The Labute approximate surface area is 86.8 Å². The van der Waals surface area contributed by atoms with Crippen molar-refractivity contribution in [1.82, 2.24) is 0 Å². The van der Waals surface area contributed by atoms with Gasteiger partial charge in [0.2, 0.25) is 0 Å². The number of halogens is 1. The van der Waals surface area contributed by atoms with E-state index in [1.165, 1.54) is 0 Å². The minimum absolute atomic E-state index is 0.0903. The lowest BCUT2D eigenvalue weighted by Gasteiger charge is -2.65. The smallest absolute Gasteiger partial charge is 0.0493 e. The summed E-state index contributed by atoms with van der Waals surface area (Å²) in [5, 5.41) is 11.2. The van der Waals surface area contributed by atoms with Crippen LogP contribution in [0.4, 0.5) is 0 Å². The van der Waals surface area contributed by atoms with Crippen molar-refractivity contribution in [3.8, 4) is 0 Å². The van der Waals surface area contributed by atoms with E-state index >= 15 is 0 Å². The summed E-state index contributed by atoms with van der Waals surface area (Å²) in [5.41, 5.74) is -0.623. The van der Waals surface area contributed by atoms with Gasteiger partial charge >= 0.3 is 0 Å². The summed E-state index contributed by atoms with van der Waals surface area (Å²) in [6.45, 7) is 6.27. The van der Waals surface area contributed by atoms with Crippen LogP contribution in [0.5, 0.6) is 0 Å². The summed E-state index contributed by atoms with van der Waals surface area (Å²) >= 11 is 3.52. The van der Waals surface area contributed by atoms with Gasteiger partial charge in [-0.05, 0) is 23.7 Å². The second-order valence-corrected chi connectivity index (χ2v) is 6.08. The maximum absolute atomic E-state index is 11.2. The fourth-order valence-corrected chi connectivity index (χ4v) is 5.19. The monoisotopic (exact) mass is 245 g/mol. The molecule has 3 rings (SSSR count). The van der Waals surface area contributed by atoms with E-state index in [9.17, 15) is 9.90 Å². The summed E-state index contributed by atoms with van der Waals surface area (Å²) in [6.07, 6.45) is 1.75. The Morgan fingerprint density at radius 2 is 1.92 bits per heavy atom. The molecule has 3 aliphatic carbocycles. The highest BCUT2D eigenvalue weighted by molar-refractivity contribution is 9.09. The average Bonchev–Trinajstić information content (AvgIpc) is 2.39. The van der Waals surface area contributed by atoms with Gasteiger partial charge in [-0.1, -0.05) is 36.7 Å². The van der Waals surface area contributed by atoms with Crippen molar-refractivity contribution in [2.24, 2.45) is 16.2 Å². The zero-order valence-corrected chi connectivity index (χ0v) is 9.77. The number of carbonyl (C=O) groups is 1. The first kappa shape index (κ1) is 9.50. The van der Waals surface area contributed by atoms with Crippen molar-refractivity contribution in [1.29, 1.82) is 0 Å². The van der Waals surface area contributed by atoms with E-state index in [1.54, 1.807) is 0 Å². The highest BCUT2D eigenvalue weighted by atomic mass is 79.9. The van der Waals surface area contributed by atoms with Crippen LogP contribution >= 0.6 is 15.9 Å². The predicted octanol–water partition coefficient (Wildman–Crippen LogP) is 1.33. The normalized spacial score (nSPS) is 51.5. The molecule has 3 aliphatic rings. The molecule has 0 aromatic rings. The third-order valence-corrected chi connectivity index (χ3v) is 6.73. The molecule has 74 valence electrons. The molecule has 0 spiro atoms. The molecule has 0 unspecified atom stereocenters. The van der Waals surface area contributed by atoms with E-state index in [2.05, 4.69) is 22.9 Å². The summed E-state index contributed by atoms with van der Waals surface area (Å²) in [7, 11) is 0. The second kappa shape index (κ2) is 2.13. The van der Waals surface area contributed by atoms with Crippen LogP contribution < -0.4 is 5.11 Å². The van der Waals surface area contributed by atoms with E-state index in [0.717, 1.165) is 12.8 Å². The standard InChI is InChI=1S/C10H15BrO2/c1-8(2)9(3)4-5-10(8,6(9)11)7(12)13/h6H,4-5H2,1-3H3,(H,12,13)/p-1/t6-,9-,10+/m0/s1. The largest absolute Gasteiger partial charge is 0.549 e. The molecule has 2 nitrogen and oxygen atoms in total. The van der Waals surface area contributed by atoms with Crippen LogP contribution in [-0.2, 0) is 4.79 Å². The molecule has 3 heteroatoms. The van der Waals surface area contributed by atoms with E-state index in [0.29, 0.717) is 0 Å². The molecule has 0 aromatic heterocycles. The van der Waals surface area contributed by atoms with Gasteiger partial charge in [0, 0.05) is 16.2 Å². The Hall–Kier alpha value is -0.0500. The molecule has 2 bridgehead atoms. The van der Waals surface area contributed by atoms with Gasteiger partial charge in [-0.2, -0.15) is 0 Å². The molecule has 0 aromatic carbocycles. The lowest BCUT2D eigenvalue weighted by atomic mass is 9.44. The van der Waals surface area contributed by atoms with Crippen molar-refractivity contribution in [2.75, 3.05) is 0 Å². The molecular weight excluding hydrogens is 232 g/mol. The first-order chi connectivity index (χ1) is 5.81. The van der Waals surface area contributed by atoms with Gasteiger partial charge in [-0.25, -0.2) is 0 Å². The molecule has 0 N–H and O–H groups in total. The number of carboxylic acids is 1. The van der Waals surface area contributed by atoms with Crippen LogP contribution in [0.25, 0.3) is 0 Å². The van der Waals surface area contributed by atoms with Gasteiger partial charge in [0.15, 0.2) is 0 Å². The van der Waals surface area contributed by atoms with Gasteiger partial charge in [0.05, 0.1) is 0 Å². The number of hydrogen-bond donors (Lipinski definition) is 0. The summed E-state index contributed by atoms with van der Waals surface area (Å²) in [4.78, 5) is 11.3. The third kappa shape index (κ3) is 0.641. The molecule has 3 saturated carbocycles. The van der Waals surface area contributed by atoms with Gasteiger partial charge < -0.3 is 9.90 Å². The number of alkyl halides is 1. The summed E-state index contributed by atoms with van der Waals surface area (Å²) in [6, 6.07) is 0. The Bertz CT molecular complexity index is 287. The maximum atomic E-state index is 11.2. The lowest BCUT2D eigenvalue weighted by molar-refractivity contribution is -0.334. The predicted molar refractivity (Wildman–Crippen MR) is 51.3 cm³/mol. The number of carbonyl (C=O) groups excluding carboxylic acids is 1. The first-order valence-corrected chi connectivity index (χ1v) is 5.58. The molecule has 0 saturated heterocycles. The van der Waals surface area contributed by atoms with Gasteiger partial charge in [0.1, 0.15) is 0 Å². The van der Waals surface area contributed by atoms with Crippen molar-refractivity contribution in [2.45, 2.75) is 38.4 Å². The Morgan fingerprint density at radius 3 is 2.08 bits per heavy atom. The molecule has 13 heavy (non-hydrogen) atoms. The SMILES string of the molecule is CC1(C)[C@@]2(C)CC[C@]1(C(=O)[O-])[C@H]2Br. The van der Waals surface area contributed by atoms with Crippen LogP contribution in [0.3, 0.4) is 0 Å². The average molecular weight is 246 g/mol.